The molecule has 0 aliphatic rings. The summed E-state index contributed by atoms with van der Waals surface area (Å²) in [4.78, 5) is 7.95. The maximum atomic E-state index is 12.0. The molecular weight excluding hydrogens is 366 g/mol. The van der Waals surface area contributed by atoms with Gasteiger partial charge in [0.15, 0.2) is 0 Å². The largest absolute Gasteiger partial charge is 0.282 e. The van der Waals surface area contributed by atoms with Gasteiger partial charge >= 0.3 is 0 Å². The van der Waals surface area contributed by atoms with Crippen LogP contribution in [-0.4, -0.2) is 24.1 Å². The second-order valence-electron chi connectivity index (χ2n) is 3.99. The smallest absolute Gasteiger partial charge is 0.233 e. The summed E-state index contributed by atoms with van der Waals surface area (Å²) < 4.78 is 26.9. The van der Waals surface area contributed by atoms with E-state index < -0.39 is 10.0 Å². The van der Waals surface area contributed by atoms with Crippen molar-refractivity contribution in [2.75, 3.05) is 10.5 Å². The average Bonchev–Trinajstić information content (AvgIpc) is 2.42. The van der Waals surface area contributed by atoms with Gasteiger partial charge in [-0.1, -0.05) is 17.7 Å². The van der Waals surface area contributed by atoms with Crippen molar-refractivity contribution in [3.8, 4) is 0 Å². The zero-order chi connectivity index (χ0) is 14.6. The van der Waals surface area contributed by atoms with Crippen molar-refractivity contribution in [3.63, 3.8) is 0 Å². The number of nitrogens with one attached hydrogen (secondary N) is 1. The van der Waals surface area contributed by atoms with Crippen molar-refractivity contribution in [2.24, 2.45) is 0 Å². The summed E-state index contributed by atoms with van der Waals surface area (Å²) in [6.45, 7) is 0. The molecule has 2 heterocycles. The number of hydrogen-bond donors (Lipinski definition) is 1. The molecule has 2 aromatic heterocycles. The minimum Gasteiger partial charge on any atom is -0.282 e. The molecule has 0 aliphatic heterocycles. The number of aromatic nitrogens is 2. The van der Waals surface area contributed by atoms with Gasteiger partial charge in [-0.3, -0.25) is 9.71 Å². The summed E-state index contributed by atoms with van der Waals surface area (Å²) >= 11 is 8.94. The van der Waals surface area contributed by atoms with E-state index in [2.05, 4.69) is 30.6 Å². The first kappa shape index (κ1) is 15.2. The van der Waals surface area contributed by atoms with E-state index in [-0.39, 0.29) is 10.9 Å². The van der Waals surface area contributed by atoms with Crippen molar-refractivity contribution < 1.29 is 8.42 Å². The summed E-state index contributed by atoms with van der Waals surface area (Å²) in [5, 5.41) is 0.279. The van der Waals surface area contributed by atoms with E-state index in [0.717, 1.165) is 5.69 Å². The van der Waals surface area contributed by atoms with Gasteiger partial charge in [0.25, 0.3) is 0 Å². The number of sulfonamides is 1. The van der Waals surface area contributed by atoms with Gasteiger partial charge in [0.1, 0.15) is 5.15 Å². The molecule has 8 heteroatoms. The highest BCUT2D eigenvalue weighted by Gasteiger charge is 2.12. The lowest BCUT2D eigenvalue weighted by Gasteiger charge is -2.08. The lowest BCUT2D eigenvalue weighted by atomic mass is 10.3. The Hall–Kier alpha value is -1.18. The molecule has 2 rings (SSSR count). The third-order valence-electron chi connectivity index (χ3n) is 2.42. The van der Waals surface area contributed by atoms with Crippen molar-refractivity contribution in [3.05, 3.63) is 52.0 Å². The Kier molecular flexibility index (Phi) is 4.95. The number of halogens is 2. The molecule has 0 radical (unpaired) electrons. The predicted octanol–water partition coefficient (Wildman–Crippen LogP) is 2.88. The van der Waals surface area contributed by atoms with Crippen LogP contribution in [0.2, 0.25) is 5.15 Å². The van der Waals surface area contributed by atoms with Crippen molar-refractivity contribution in [1.29, 1.82) is 0 Å². The van der Waals surface area contributed by atoms with E-state index in [1.54, 1.807) is 24.4 Å². The van der Waals surface area contributed by atoms with Gasteiger partial charge < -0.3 is 0 Å². The van der Waals surface area contributed by atoms with E-state index in [4.69, 9.17) is 11.6 Å². The van der Waals surface area contributed by atoms with Crippen LogP contribution in [0, 0.1) is 0 Å². The van der Waals surface area contributed by atoms with Gasteiger partial charge in [-0.05, 0) is 34.1 Å². The van der Waals surface area contributed by atoms with Gasteiger partial charge in [-0.2, -0.15) is 0 Å². The molecule has 20 heavy (non-hydrogen) atoms. The molecule has 0 aliphatic carbocycles. The van der Waals surface area contributed by atoms with Crippen LogP contribution in [0.25, 0.3) is 0 Å². The summed E-state index contributed by atoms with van der Waals surface area (Å²) in [6, 6.07) is 6.96. The van der Waals surface area contributed by atoms with Crippen LogP contribution in [-0.2, 0) is 16.4 Å². The highest BCUT2D eigenvalue weighted by atomic mass is 79.9. The summed E-state index contributed by atoms with van der Waals surface area (Å²) in [5.74, 6) is -0.0513. The Balaban J connectivity index is 2.02. The first-order valence-electron chi connectivity index (χ1n) is 5.68. The Morgan fingerprint density at radius 1 is 1.30 bits per heavy atom. The maximum absolute atomic E-state index is 12.0. The van der Waals surface area contributed by atoms with E-state index in [0.29, 0.717) is 16.6 Å². The third kappa shape index (κ3) is 4.43. The molecule has 0 saturated carbocycles. The molecule has 1 N–H and O–H groups in total. The van der Waals surface area contributed by atoms with E-state index in [1.165, 1.54) is 6.20 Å². The van der Waals surface area contributed by atoms with Gasteiger partial charge in [0.2, 0.25) is 10.0 Å². The van der Waals surface area contributed by atoms with E-state index in [9.17, 15) is 8.42 Å². The van der Waals surface area contributed by atoms with Gasteiger partial charge in [-0.15, -0.1) is 0 Å². The fourth-order valence-electron chi connectivity index (χ4n) is 1.49. The molecule has 0 spiro atoms. The van der Waals surface area contributed by atoms with Crippen molar-refractivity contribution in [2.45, 2.75) is 6.42 Å². The van der Waals surface area contributed by atoms with E-state index in [1.807, 2.05) is 6.07 Å². The molecule has 0 amide bonds. The average molecular weight is 377 g/mol. The molecule has 2 aromatic rings. The Bertz CT molecular complexity index is 695. The number of aryl methyl sites for hydroxylation is 1. The fourth-order valence-corrected chi connectivity index (χ4v) is 3.00. The summed E-state index contributed by atoms with van der Waals surface area (Å²) in [6.07, 6.45) is 3.35. The lowest BCUT2D eigenvalue weighted by Crippen LogP contribution is -2.18. The van der Waals surface area contributed by atoms with Gasteiger partial charge in [-0.25, -0.2) is 13.4 Å². The van der Waals surface area contributed by atoms with Crippen LogP contribution in [0.3, 0.4) is 0 Å². The standard InChI is InChI=1S/C12H11BrClN3O2S/c13-11-7-10(8-16-12(11)14)17-20(18,19)6-4-9-3-1-2-5-15-9/h1-3,5,7-8,17H,4,6H2. The molecule has 0 bridgehead atoms. The normalized spacial score (nSPS) is 11.3. The molecule has 0 fully saturated rings. The summed E-state index contributed by atoms with van der Waals surface area (Å²) in [7, 11) is -3.46. The number of pyridine rings is 2. The second kappa shape index (κ2) is 6.51. The molecular formula is C12H11BrClN3O2S. The first-order valence-corrected chi connectivity index (χ1v) is 8.50. The molecule has 0 unspecified atom stereocenters. The zero-order valence-electron chi connectivity index (χ0n) is 10.3. The number of anilines is 1. The SMILES string of the molecule is O=S(=O)(CCc1ccccn1)Nc1cnc(Cl)c(Br)c1. The summed E-state index contributed by atoms with van der Waals surface area (Å²) in [5.41, 5.74) is 1.09. The molecule has 5 nitrogen and oxygen atoms in total. The Morgan fingerprint density at radius 3 is 2.75 bits per heavy atom. The first-order chi connectivity index (χ1) is 9.46. The van der Waals surface area contributed by atoms with Crippen LogP contribution in [0.4, 0.5) is 5.69 Å². The zero-order valence-corrected chi connectivity index (χ0v) is 13.4. The Labute approximate surface area is 130 Å². The highest BCUT2D eigenvalue weighted by molar-refractivity contribution is 9.10. The van der Waals surface area contributed by atoms with Crippen LogP contribution >= 0.6 is 27.5 Å². The molecule has 106 valence electrons. The van der Waals surface area contributed by atoms with Gasteiger partial charge in [0, 0.05) is 18.3 Å². The monoisotopic (exact) mass is 375 g/mol. The number of nitrogens with zero attached hydrogens (tertiary/aromatic N) is 2. The van der Waals surface area contributed by atoms with Crippen molar-refractivity contribution in [1.82, 2.24) is 9.97 Å². The highest BCUT2D eigenvalue weighted by Crippen LogP contribution is 2.23. The Morgan fingerprint density at radius 2 is 2.10 bits per heavy atom. The fraction of sp³-hybridized carbons (Fsp3) is 0.167. The van der Waals surface area contributed by atoms with Crippen LogP contribution in [0.5, 0.6) is 0 Å². The van der Waals surface area contributed by atoms with E-state index >= 15 is 0 Å². The minimum absolute atomic E-state index is 0.0513. The lowest BCUT2D eigenvalue weighted by molar-refractivity contribution is 0.600. The minimum atomic E-state index is -3.46. The van der Waals surface area contributed by atoms with Crippen LogP contribution in [0.1, 0.15) is 5.69 Å². The van der Waals surface area contributed by atoms with Crippen LogP contribution in [0.15, 0.2) is 41.1 Å². The number of rotatable bonds is 5. The quantitative estimate of drug-likeness (QED) is 0.815. The predicted molar refractivity (Wildman–Crippen MR) is 82.3 cm³/mol. The third-order valence-corrected chi connectivity index (χ3v) is 4.84. The second-order valence-corrected chi connectivity index (χ2v) is 7.04. The topological polar surface area (TPSA) is 72.0 Å². The van der Waals surface area contributed by atoms with Gasteiger partial charge in [0.05, 0.1) is 22.1 Å². The maximum Gasteiger partial charge on any atom is 0.233 e. The van der Waals surface area contributed by atoms with Crippen molar-refractivity contribution >= 4 is 43.2 Å². The molecule has 0 aromatic carbocycles. The molecule has 0 saturated heterocycles. The molecule has 0 atom stereocenters. The number of hydrogen-bond acceptors (Lipinski definition) is 4. The van der Waals surface area contributed by atoms with Crippen LogP contribution < -0.4 is 4.72 Å².